The van der Waals surface area contributed by atoms with E-state index in [1.165, 1.54) is 6.07 Å². The van der Waals surface area contributed by atoms with Crippen LogP contribution in [0.2, 0.25) is 0 Å². The molecule has 98 valence electrons. The van der Waals surface area contributed by atoms with Gasteiger partial charge in [-0.25, -0.2) is 4.68 Å². The summed E-state index contributed by atoms with van der Waals surface area (Å²) >= 11 is 0. The van der Waals surface area contributed by atoms with Crippen LogP contribution < -0.4 is 5.73 Å². The Hall–Kier alpha value is -2.44. The molecule has 2 aromatic rings. The predicted molar refractivity (Wildman–Crippen MR) is 66.6 cm³/mol. The standard InChI is InChI=1S/C12H11FN4O2/c13-9-6-7(4-5-11(9)17(18)19)16-10-3-1-2-8(10)12(14)15-16/h4-6H,1-3H2,(H2,14,15). The van der Waals surface area contributed by atoms with Crippen molar-refractivity contribution in [1.29, 1.82) is 0 Å². The van der Waals surface area contributed by atoms with Gasteiger partial charge in [0.2, 0.25) is 5.82 Å². The Balaban J connectivity index is 2.11. The molecule has 0 fully saturated rings. The van der Waals surface area contributed by atoms with E-state index in [0.717, 1.165) is 42.7 Å². The number of fused-ring (bicyclic) bond motifs is 1. The Morgan fingerprint density at radius 2 is 2.21 bits per heavy atom. The van der Waals surface area contributed by atoms with Crippen LogP contribution in [0.4, 0.5) is 15.9 Å². The molecule has 0 atom stereocenters. The average Bonchev–Trinajstić information content (AvgIpc) is 2.93. The van der Waals surface area contributed by atoms with Gasteiger partial charge in [-0.15, -0.1) is 0 Å². The van der Waals surface area contributed by atoms with Crippen LogP contribution in [0, 0.1) is 15.9 Å². The van der Waals surface area contributed by atoms with E-state index in [9.17, 15) is 14.5 Å². The number of nitrogens with two attached hydrogens (primary N) is 1. The van der Waals surface area contributed by atoms with Crippen molar-refractivity contribution in [3.8, 4) is 5.69 Å². The van der Waals surface area contributed by atoms with Crippen LogP contribution in [-0.2, 0) is 12.8 Å². The zero-order chi connectivity index (χ0) is 13.6. The normalized spacial score (nSPS) is 13.5. The quantitative estimate of drug-likeness (QED) is 0.662. The molecule has 3 rings (SSSR count). The third kappa shape index (κ3) is 1.74. The molecule has 0 amide bonds. The van der Waals surface area contributed by atoms with E-state index < -0.39 is 16.4 Å². The fourth-order valence-electron chi connectivity index (χ4n) is 2.46. The summed E-state index contributed by atoms with van der Waals surface area (Å²) in [6.45, 7) is 0. The molecule has 1 aliphatic rings. The lowest BCUT2D eigenvalue weighted by molar-refractivity contribution is -0.387. The van der Waals surface area contributed by atoms with Crippen LogP contribution in [0.5, 0.6) is 0 Å². The number of rotatable bonds is 2. The molecule has 0 bridgehead atoms. The fraction of sp³-hybridized carbons (Fsp3) is 0.250. The van der Waals surface area contributed by atoms with Gasteiger partial charge in [0, 0.05) is 23.4 Å². The van der Waals surface area contributed by atoms with Crippen LogP contribution in [-0.4, -0.2) is 14.7 Å². The van der Waals surface area contributed by atoms with Gasteiger partial charge in [0.05, 0.1) is 10.6 Å². The van der Waals surface area contributed by atoms with Crippen molar-refractivity contribution in [3.63, 3.8) is 0 Å². The Bertz CT molecular complexity index is 681. The molecule has 0 unspecified atom stereocenters. The molecule has 1 aromatic carbocycles. The smallest absolute Gasteiger partial charge is 0.304 e. The Morgan fingerprint density at radius 3 is 2.89 bits per heavy atom. The first kappa shape index (κ1) is 11.6. The lowest BCUT2D eigenvalue weighted by Crippen LogP contribution is -2.03. The van der Waals surface area contributed by atoms with Crippen molar-refractivity contribution in [1.82, 2.24) is 9.78 Å². The second kappa shape index (κ2) is 4.04. The number of nitro benzene ring substituents is 1. The first-order chi connectivity index (χ1) is 9.08. The van der Waals surface area contributed by atoms with Gasteiger partial charge in [-0.2, -0.15) is 9.49 Å². The lowest BCUT2D eigenvalue weighted by Gasteiger charge is -2.05. The van der Waals surface area contributed by atoms with Crippen molar-refractivity contribution >= 4 is 11.5 Å². The van der Waals surface area contributed by atoms with Gasteiger partial charge in [-0.3, -0.25) is 10.1 Å². The van der Waals surface area contributed by atoms with Gasteiger partial charge in [0.15, 0.2) is 0 Å². The average molecular weight is 262 g/mol. The molecule has 19 heavy (non-hydrogen) atoms. The number of hydrogen-bond acceptors (Lipinski definition) is 4. The van der Waals surface area contributed by atoms with E-state index in [1.807, 2.05) is 0 Å². The van der Waals surface area contributed by atoms with Gasteiger partial charge in [-0.1, -0.05) is 0 Å². The minimum Gasteiger partial charge on any atom is -0.382 e. The summed E-state index contributed by atoms with van der Waals surface area (Å²) in [5.74, 6) is -0.422. The topological polar surface area (TPSA) is 87.0 Å². The van der Waals surface area contributed by atoms with Crippen LogP contribution in [0.25, 0.3) is 5.69 Å². The number of nitrogen functional groups attached to an aromatic ring is 1. The minimum atomic E-state index is -0.872. The fourth-order valence-corrected chi connectivity index (χ4v) is 2.46. The molecule has 0 spiro atoms. The monoisotopic (exact) mass is 262 g/mol. The molecule has 0 aliphatic heterocycles. The summed E-state index contributed by atoms with van der Waals surface area (Å²) < 4.78 is 15.2. The van der Waals surface area contributed by atoms with E-state index in [-0.39, 0.29) is 0 Å². The maximum absolute atomic E-state index is 13.6. The van der Waals surface area contributed by atoms with E-state index in [0.29, 0.717) is 11.5 Å². The number of aromatic nitrogens is 2. The third-order valence-corrected chi connectivity index (χ3v) is 3.33. The van der Waals surface area contributed by atoms with Crippen LogP contribution >= 0.6 is 0 Å². The predicted octanol–water partition coefficient (Wildman–Crippen LogP) is 1.99. The van der Waals surface area contributed by atoms with Crippen molar-refractivity contribution < 1.29 is 9.31 Å². The Kier molecular flexibility index (Phi) is 2.48. The zero-order valence-corrected chi connectivity index (χ0v) is 9.97. The van der Waals surface area contributed by atoms with Crippen LogP contribution in [0.15, 0.2) is 18.2 Å². The highest BCUT2D eigenvalue weighted by Crippen LogP contribution is 2.30. The number of hydrogen-bond donors (Lipinski definition) is 1. The highest BCUT2D eigenvalue weighted by molar-refractivity contribution is 5.50. The Labute approximate surface area is 107 Å². The first-order valence-electron chi connectivity index (χ1n) is 5.88. The van der Waals surface area contributed by atoms with Gasteiger partial charge in [0.1, 0.15) is 5.82 Å². The largest absolute Gasteiger partial charge is 0.382 e. The molecule has 7 heteroatoms. The summed E-state index contributed by atoms with van der Waals surface area (Å²) in [5, 5.41) is 14.8. The summed E-state index contributed by atoms with van der Waals surface area (Å²) in [6, 6.07) is 3.74. The van der Waals surface area contributed by atoms with E-state index >= 15 is 0 Å². The number of benzene rings is 1. The highest BCUT2D eigenvalue weighted by Gasteiger charge is 2.23. The molecule has 6 nitrogen and oxygen atoms in total. The molecular weight excluding hydrogens is 251 g/mol. The minimum absolute atomic E-state index is 0.450. The Morgan fingerprint density at radius 1 is 1.42 bits per heavy atom. The van der Waals surface area contributed by atoms with Gasteiger partial charge < -0.3 is 5.73 Å². The van der Waals surface area contributed by atoms with Crippen molar-refractivity contribution in [2.45, 2.75) is 19.3 Å². The molecule has 1 aliphatic carbocycles. The van der Waals surface area contributed by atoms with Crippen LogP contribution in [0.3, 0.4) is 0 Å². The van der Waals surface area contributed by atoms with Crippen molar-refractivity contribution in [2.75, 3.05) is 5.73 Å². The molecular formula is C12H11FN4O2. The lowest BCUT2D eigenvalue weighted by atomic mass is 10.2. The summed E-state index contributed by atoms with van der Waals surface area (Å²) in [5.41, 5.74) is 7.69. The first-order valence-corrected chi connectivity index (χ1v) is 5.88. The maximum Gasteiger partial charge on any atom is 0.304 e. The van der Waals surface area contributed by atoms with Crippen molar-refractivity contribution in [2.24, 2.45) is 0 Å². The summed E-state index contributed by atoms with van der Waals surface area (Å²) in [4.78, 5) is 9.84. The second-order valence-electron chi connectivity index (χ2n) is 4.47. The van der Waals surface area contributed by atoms with Gasteiger partial charge in [0.25, 0.3) is 0 Å². The van der Waals surface area contributed by atoms with E-state index in [4.69, 9.17) is 5.73 Å². The summed E-state index contributed by atoms with van der Waals surface area (Å²) in [7, 11) is 0. The number of halogens is 1. The maximum atomic E-state index is 13.6. The highest BCUT2D eigenvalue weighted by atomic mass is 19.1. The number of anilines is 1. The second-order valence-corrected chi connectivity index (χ2v) is 4.47. The number of nitro groups is 1. The SMILES string of the molecule is Nc1nn(-c2ccc([N+](=O)[O-])c(F)c2)c2c1CCC2. The van der Waals surface area contributed by atoms with Crippen molar-refractivity contribution in [3.05, 3.63) is 45.4 Å². The van der Waals surface area contributed by atoms with Crippen LogP contribution in [0.1, 0.15) is 17.7 Å². The zero-order valence-electron chi connectivity index (χ0n) is 9.97. The molecule has 1 aromatic heterocycles. The number of nitrogens with zero attached hydrogens (tertiary/aromatic N) is 3. The van der Waals surface area contributed by atoms with E-state index in [2.05, 4.69) is 5.10 Å². The van der Waals surface area contributed by atoms with E-state index in [1.54, 1.807) is 4.68 Å². The molecule has 0 saturated heterocycles. The summed E-state index contributed by atoms with van der Waals surface area (Å²) in [6.07, 6.45) is 2.70. The third-order valence-electron chi connectivity index (χ3n) is 3.33. The molecule has 0 radical (unpaired) electrons. The molecule has 2 N–H and O–H groups in total. The van der Waals surface area contributed by atoms with Gasteiger partial charge >= 0.3 is 5.69 Å². The molecule has 0 saturated carbocycles. The van der Waals surface area contributed by atoms with Gasteiger partial charge in [-0.05, 0) is 25.3 Å². The molecule has 1 heterocycles.